The third-order valence-electron chi connectivity index (χ3n) is 4.69. The van der Waals surface area contributed by atoms with E-state index in [-0.39, 0.29) is 30.5 Å². The van der Waals surface area contributed by atoms with Crippen LogP contribution in [0.2, 0.25) is 0 Å². The van der Waals surface area contributed by atoms with Crippen LogP contribution in [0.25, 0.3) is 11.3 Å². The second-order valence-corrected chi connectivity index (χ2v) is 7.57. The van der Waals surface area contributed by atoms with Crippen molar-refractivity contribution < 1.29 is 18.4 Å². The number of hydrogen-bond acceptors (Lipinski definition) is 5. The molecule has 1 N–H and O–H groups in total. The van der Waals surface area contributed by atoms with Gasteiger partial charge in [-0.2, -0.15) is 0 Å². The second-order valence-electron chi connectivity index (χ2n) is 6.71. The highest BCUT2D eigenvalue weighted by molar-refractivity contribution is 7.14. The molecule has 3 aromatic rings. The fourth-order valence-electron chi connectivity index (χ4n) is 3.33. The summed E-state index contributed by atoms with van der Waals surface area (Å²) < 4.78 is 19.5. The number of nitrogens with zero attached hydrogens (tertiary/aromatic N) is 2. The highest BCUT2D eigenvalue weighted by atomic mass is 32.1. The van der Waals surface area contributed by atoms with Gasteiger partial charge in [-0.25, -0.2) is 9.37 Å². The van der Waals surface area contributed by atoms with Crippen LogP contribution in [0.4, 0.5) is 15.2 Å². The minimum Gasteiger partial charge on any atom is -0.466 e. The van der Waals surface area contributed by atoms with E-state index in [2.05, 4.69) is 10.3 Å². The van der Waals surface area contributed by atoms with Gasteiger partial charge in [-0.15, -0.1) is 11.3 Å². The first-order valence-corrected chi connectivity index (χ1v) is 9.69. The normalized spacial score (nSPS) is 16.6. The number of anilines is 2. The number of para-hydroxylation sites is 1. The molecule has 1 atom stereocenters. The van der Waals surface area contributed by atoms with Crippen LogP contribution in [0, 0.1) is 25.6 Å². The molecule has 1 aliphatic rings. The molecular formula is C20H18FN3O3S. The lowest BCUT2D eigenvalue weighted by Gasteiger charge is -2.17. The maximum Gasteiger partial charge on any atom is 0.231 e. The van der Waals surface area contributed by atoms with Gasteiger partial charge in [-0.1, -0.05) is 12.1 Å². The summed E-state index contributed by atoms with van der Waals surface area (Å²) in [5.74, 6) is -0.0428. The number of amides is 2. The summed E-state index contributed by atoms with van der Waals surface area (Å²) in [6.45, 7) is 3.87. The van der Waals surface area contributed by atoms with Crippen LogP contribution in [-0.4, -0.2) is 23.3 Å². The third kappa shape index (κ3) is 3.43. The molecule has 0 spiro atoms. The van der Waals surface area contributed by atoms with Crippen molar-refractivity contribution in [2.24, 2.45) is 5.92 Å². The van der Waals surface area contributed by atoms with Crippen molar-refractivity contribution in [1.29, 1.82) is 0 Å². The summed E-state index contributed by atoms with van der Waals surface area (Å²) in [6, 6.07) is 7.96. The zero-order valence-corrected chi connectivity index (χ0v) is 16.2. The molecule has 1 aromatic carbocycles. The second kappa shape index (κ2) is 7.20. The lowest BCUT2D eigenvalue weighted by molar-refractivity contribution is -0.122. The van der Waals surface area contributed by atoms with E-state index in [9.17, 15) is 14.0 Å². The fraction of sp³-hybridized carbons (Fsp3) is 0.250. The summed E-state index contributed by atoms with van der Waals surface area (Å²) in [5, 5.41) is 5.07. The quantitative estimate of drug-likeness (QED) is 0.715. The lowest BCUT2D eigenvalue weighted by Crippen LogP contribution is -2.28. The zero-order chi connectivity index (χ0) is 19.8. The predicted octanol–water partition coefficient (Wildman–Crippen LogP) is 4.15. The van der Waals surface area contributed by atoms with E-state index in [1.807, 2.05) is 25.3 Å². The van der Waals surface area contributed by atoms with Gasteiger partial charge >= 0.3 is 0 Å². The molecule has 0 radical (unpaired) electrons. The average Bonchev–Trinajstić information content (AvgIpc) is 3.34. The van der Waals surface area contributed by atoms with Gasteiger partial charge in [0.2, 0.25) is 11.8 Å². The number of carbonyl (C=O) groups is 2. The third-order valence-corrected chi connectivity index (χ3v) is 5.45. The number of halogens is 1. The molecule has 8 heteroatoms. The van der Waals surface area contributed by atoms with Gasteiger partial charge in [-0.3, -0.25) is 9.59 Å². The standard InChI is InChI=1S/C20H18FN3O3S/c1-11-7-14(12(2)27-11)16-10-28-20(22-16)23-19(26)13-8-18(25)24(9-13)17-6-4-3-5-15(17)21/h3-7,10,13H,8-9H2,1-2H3,(H,22,23,26). The molecule has 1 aliphatic heterocycles. The summed E-state index contributed by atoms with van der Waals surface area (Å²) >= 11 is 1.31. The maximum atomic E-state index is 14.0. The number of furan rings is 1. The van der Waals surface area contributed by atoms with E-state index >= 15 is 0 Å². The van der Waals surface area contributed by atoms with Crippen molar-refractivity contribution in [3.8, 4) is 11.3 Å². The van der Waals surface area contributed by atoms with Gasteiger partial charge in [0.05, 0.1) is 17.3 Å². The van der Waals surface area contributed by atoms with Crippen molar-refractivity contribution in [3.05, 3.63) is 53.0 Å². The predicted molar refractivity (Wildman–Crippen MR) is 105 cm³/mol. The maximum absolute atomic E-state index is 14.0. The first kappa shape index (κ1) is 18.4. The summed E-state index contributed by atoms with van der Waals surface area (Å²) in [7, 11) is 0. The lowest BCUT2D eigenvalue weighted by atomic mass is 10.1. The van der Waals surface area contributed by atoms with Crippen molar-refractivity contribution in [3.63, 3.8) is 0 Å². The topological polar surface area (TPSA) is 75.4 Å². The van der Waals surface area contributed by atoms with Crippen LogP contribution < -0.4 is 10.2 Å². The molecule has 0 aliphatic carbocycles. The number of carbonyl (C=O) groups excluding carboxylic acids is 2. The van der Waals surface area contributed by atoms with Crippen LogP contribution in [-0.2, 0) is 9.59 Å². The minimum absolute atomic E-state index is 0.0401. The highest BCUT2D eigenvalue weighted by Crippen LogP contribution is 2.31. The molecule has 6 nitrogen and oxygen atoms in total. The molecule has 1 unspecified atom stereocenters. The van der Waals surface area contributed by atoms with Crippen LogP contribution in [0.3, 0.4) is 0 Å². The molecule has 1 fully saturated rings. The molecule has 2 amide bonds. The Morgan fingerprint density at radius 1 is 1.36 bits per heavy atom. The van der Waals surface area contributed by atoms with E-state index in [1.165, 1.54) is 28.4 Å². The van der Waals surface area contributed by atoms with E-state index < -0.39 is 11.7 Å². The van der Waals surface area contributed by atoms with Gasteiger partial charge < -0.3 is 14.6 Å². The summed E-state index contributed by atoms with van der Waals surface area (Å²) in [4.78, 5) is 30.7. The van der Waals surface area contributed by atoms with Crippen LogP contribution in [0.1, 0.15) is 17.9 Å². The molecule has 144 valence electrons. The first-order chi connectivity index (χ1) is 13.4. The minimum atomic E-state index is -0.558. The number of hydrogen-bond donors (Lipinski definition) is 1. The fourth-order valence-corrected chi connectivity index (χ4v) is 4.05. The number of benzene rings is 1. The largest absolute Gasteiger partial charge is 0.466 e. The zero-order valence-electron chi connectivity index (χ0n) is 15.4. The molecule has 0 saturated carbocycles. The summed E-state index contributed by atoms with van der Waals surface area (Å²) in [6.07, 6.45) is 0.0401. The smallest absolute Gasteiger partial charge is 0.231 e. The van der Waals surface area contributed by atoms with E-state index in [1.54, 1.807) is 12.1 Å². The molecule has 0 bridgehead atoms. The van der Waals surface area contributed by atoms with Gasteiger partial charge in [0.15, 0.2) is 5.13 Å². The van der Waals surface area contributed by atoms with E-state index in [0.717, 1.165) is 22.8 Å². The monoisotopic (exact) mass is 399 g/mol. The van der Waals surface area contributed by atoms with Crippen LogP contribution in [0.15, 0.2) is 40.1 Å². The van der Waals surface area contributed by atoms with Gasteiger partial charge in [-0.05, 0) is 32.0 Å². The number of aryl methyl sites for hydroxylation is 2. The molecule has 2 aromatic heterocycles. The van der Waals surface area contributed by atoms with Crippen molar-refractivity contribution in [1.82, 2.24) is 4.98 Å². The molecule has 28 heavy (non-hydrogen) atoms. The van der Waals surface area contributed by atoms with Crippen LogP contribution >= 0.6 is 11.3 Å². The first-order valence-electron chi connectivity index (χ1n) is 8.81. The average molecular weight is 399 g/mol. The van der Waals surface area contributed by atoms with E-state index in [4.69, 9.17) is 4.42 Å². The Labute approximate surface area is 165 Å². The molecule has 1 saturated heterocycles. The van der Waals surface area contributed by atoms with E-state index in [0.29, 0.717) is 5.13 Å². The highest BCUT2D eigenvalue weighted by Gasteiger charge is 2.36. The SMILES string of the molecule is Cc1cc(-c2csc(NC(=O)C3CC(=O)N(c4ccccc4F)C3)n2)c(C)o1. The van der Waals surface area contributed by atoms with Crippen molar-refractivity contribution >= 4 is 34.0 Å². The number of nitrogens with one attached hydrogen (secondary N) is 1. The number of rotatable bonds is 4. The van der Waals surface area contributed by atoms with Crippen molar-refractivity contribution in [2.45, 2.75) is 20.3 Å². The molecular weight excluding hydrogens is 381 g/mol. The summed E-state index contributed by atoms with van der Waals surface area (Å²) in [5.41, 5.74) is 1.81. The van der Waals surface area contributed by atoms with Gasteiger partial charge in [0.1, 0.15) is 17.3 Å². The Kier molecular flexibility index (Phi) is 4.72. The Hall–Kier alpha value is -3.00. The Bertz CT molecular complexity index is 1060. The number of thiazole rings is 1. The Morgan fingerprint density at radius 2 is 2.14 bits per heavy atom. The van der Waals surface area contributed by atoms with Crippen molar-refractivity contribution in [2.75, 3.05) is 16.8 Å². The number of aromatic nitrogens is 1. The Balaban J connectivity index is 1.46. The molecule has 3 heterocycles. The van der Waals surface area contributed by atoms with Gasteiger partial charge in [0.25, 0.3) is 0 Å². The molecule has 4 rings (SSSR count). The van der Waals surface area contributed by atoms with Crippen LogP contribution in [0.5, 0.6) is 0 Å². The Morgan fingerprint density at radius 3 is 2.86 bits per heavy atom. The van der Waals surface area contributed by atoms with Gasteiger partial charge in [0, 0.05) is 23.9 Å².